The summed E-state index contributed by atoms with van der Waals surface area (Å²) in [5.41, 5.74) is 2.93. The zero-order valence-corrected chi connectivity index (χ0v) is 14.3. The van der Waals surface area contributed by atoms with Gasteiger partial charge in [-0.3, -0.25) is 0 Å². The first-order chi connectivity index (χ1) is 10.3. The van der Waals surface area contributed by atoms with Gasteiger partial charge < -0.3 is 9.52 Å². The Kier molecular flexibility index (Phi) is 4.01. The van der Waals surface area contributed by atoms with Crippen LogP contribution in [0.4, 0.5) is 0 Å². The van der Waals surface area contributed by atoms with E-state index in [1.165, 1.54) is 31.3 Å². The average molecular weight is 302 g/mol. The van der Waals surface area contributed by atoms with Crippen molar-refractivity contribution in [2.45, 2.75) is 65.4 Å². The van der Waals surface area contributed by atoms with Gasteiger partial charge in [0.2, 0.25) is 0 Å². The zero-order valence-electron chi connectivity index (χ0n) is 14.3. The van der Waals surface area contributed by atoms with Crippen molar-refractivity contribution in [2.75, 3.05) is 0 Å². The normalized spacial score (nSPS) is 35.9. The second-order valence-electron chi connectivity index (χ2n) is 8.46. The molecule has 0 amide bonds. The van der Waals surface area contributed by atoms with Gasteiger partial charge in [0, 0.05) is 5.56 Å². The van der Waals surface area contributed by atoms with Crippen molar-refractivity contribution in [1.82, 2.24) is 0 Å². The van der Waals surface area contributed by atoms with Crippen LogP contribution in [-0.4, -0.2) is 5.11 Å². The molecule has 2 nitrogen and oxygen atoms in total. The predicted octanol–water partition coefficient (Wildman–Crippen LogP) is 5.50. The summed E-state index contributed by atoms with van der Waals surface area (Å²) in [4.78, 5) is 0. The lowest BCUT2D eigenvalue weighted by molar-refractivity contribution is -0.0638. The highest BCUT2D eigenvalue weighted by atomic mass is 16.3. The Bertz CT molecular complexity index is 528. The van der Waals surface area contributed by atoms with Gasteiger partial charge in [-0.25, -0.2) is 0 Å². The molecular weight excluding hydrogens is 272 g/mol. The first kappa shape index (κ1) is 15.9. The van der Waals surface area contributed by atoms with E-state index < -0.39 is 6.10 Å². The summed E-state index contributed by atoms with van der Waals surface area (Å²) in [6, 6.07) is 1.88. The van der Waals surface area contributed by atoms with Crippen LogP contribution in [-0.2, 0) is 0 Å². The van der Waals surface area contributed by atoms with Gasteiger partial charge in [0.25, 0.3) is 0 Å². The van der Waals surface area contributed by atoms with Gasteiger partial charge in [-0.2, -0.15) is 0 Å². The molecule has 1 N–H and O–H groups in total. The standard InChI is InChI=1S/C20H30O2/c1-14-6-7-18-19(2,3)9-5-10-20(18,4)16(14)12-17(21)15-8-11-22-13-15/h8,11,13,16-18,21H,1,5-7,9-10,12H2,2-4H3/t16-,17-,18-,20+/m0/s1. The summed E-state index contributed by atoms with van der Waals surface area (Å²) in [7, 11) is 0. The highest BCUT2D eigenvalue weighted by molar-refractivity contribution is 5.18. The average Bonchev–Trinajstić information content (AvgIpc) is 2.96. The maximum Gasteiger partial charge on any atom is 0.0960 e. The SMILES string of the molecule is C=C1CC[C@H]2C(C)(C)CCC[C@]2(C)[C@H]1C[C@H](O)c1ccoc1. The van der Waals surface area contributed by atoms with Crippen molar-refractivity contribution in [1.29, 1.82) is 0 Å². The van der Waals surface area contributed by atoms with Crippen molar-refractivity contribution in [3.8, 4) is 0 Å². The molecule has 0 spiro atoms. The van der Waals surface area contributed by atoms with E-state index in [0.29, 0.717) is 11.3 Å². The van der Waals surface area contributed by atoms with E-state index in [0.717, 1.165) is 24.3 Å². The zero-order chi connectivity index (χ0) is 16.0. The minimum Gasteiger partial charge on any atom is -0.472 e. The molecule has 22 heavy (non-hydrogen) atoms. The number of allylic oxidation sites excluding steroid dienone is 1. The summed E-state index contributed by atoms with van der Waals surface area (Å²) in [6.07, 6.45) is 9.92. The summed E-state index contributed by atoms with van der Waals surface area (Å²) >= 11 is 0. The van der Waals surface area contributed by atoms with Crippen LogP contribution in [0.15, 0.2) is 35.2 Å². The Morgan fingerprint density at radius 1 is 1.36 bits per heavy atom. The number of furan rings is 1. The van der Waals surface area contributed by atoms with E-state index in [1.54, 1.807) is 12.5 Å². The van der Waals surface area contributed by atoms with Gasteiger partial charge >= 0.3 is 0 Å². The lowest BCUT2D eigenvalue weighted by atomic mass is 9.47. The Labute approximate surface area is 134 Å². The first-order valence-electron chi connectivity index (χ1n) is 8.72. The van der Waals surface area contributed by atoms with Gasteiger partial charge in [0.15, 0.2) is 0 Å². The molecule has 0 saturated heterocycles. The highest BCUT2D eigenvalue weighted by Crippen LogP contribution is 2.62. The molecule has 2 aliphatic carbocycles. The molecule has 0 radical (unpaired) electrons. The smallest absolute Gasteiger partial charge is 0.0960 e. The Morgan fingerprint density at radius 2 is 2.14 bits per heavy atom. The fourth-order valence-corrected chi connectivity index (χ4v) is 5.53. The molecule has 0 aromatic carbocycles. The molecule has 0 aliphatic heterocycles. The third-order valence-corrected chi connectivity index (χ3v) is 6.71. The molecule has 2 aliphatic rings. The molecule has 122 valence electrons. The molecule has 0 bridgehead atoms. The third-order valence-electron chi connectivity index (χ3n) is 6.71. The molecule has 2 heteroatoms. The van der Waals surface area contributed by atoms with Crippen molar-refractivity contribution < 1.29 is 9.52 Å². The van der Waals surface area contributed by atoms with Crippen molar-refractivity contribution in [2.24, 2.45) is 22.7 Å². The van der Waals surface area contributed by atoms with Crippen LogP contribution in [0.2, 0.25) is 0 Å². The molecule has 2 saturated carbocycles. The fraction of sp³-hybridized carbons (Fsp3) is 0.700. The monoisotopic (exact) mass is 302 g/mol. The minimum atomic E-state index is -0.443. The van der Waals surface area contributed by atoms with Gasteiger partial charge in [-0.15, -0.1) is 0 Å². The van der Waals surface area contributed by atoms with Crippen LogP contribution in [0.25, 0.3) is 0 Å². The number of fused-ring (bicyclic) bond motifs is 1. The lowest BCUT2D eigenvalue weighted by Crippen LogP contribution is -2.49. The molecule has 0 unspecified atom stereocenters. The van der Waals surface area contributed by atoms with Gasteiger partial charge in [0.1, 0.15) is 0 Å². The largest absolute Gasteiger partial charge is 0.472 e. The Balaban J connectivity index is 1.86. The molecule has 1 aromatic rings. The molecule has 1 heterocycles. The van der Waals surface area contributed by atoms with Crippen LogP contribution < -0.4 is 0 Å². The molecule has 1 aromatic heterocycles. The van der Waals surface area contributed by atoms with Crippen LogP contribution in [0.3, 0.4) is 0 Å². The predicted molar refractivity (Wildman–Crippen MR) is 89.4 cm³/mol. The van der Waals surface area contributed by atoms with E-state index >= 15 is 0 Å². The lowest BCUT2D eigenvalue weighted by Gasteiger charge is -2.58. The van der Waals surface area contributed by atoms with Gasteiger partial charge in [-0.1, -0.05) is 39.3 Å². The van der Waals surface area contributed by atoms with Crippen LogP contribution in [0.1, 0.15) is 71.0 Å². The van der Waals surface area contributed by atoms with Crippen LogP contribution in [0, 0.1) is 22.7 Å². The second-order valence-corrected chi connectivity index (χ2v) is 8.46. The molecular formula is C20H30O2. The summed E-state index contributed by atoms with van der Waals surface area (Å²) in [5, 5.41) is 10.6. The number of hydrogen-bond donors (Lipinski definition) is 1. The maximum atomic E-state index is 10.6. The summed E-state index contributed by atoms with van der Waals surface area (Å²) in [6.45, 7) is 11.7. The van der Waals surface area contributed by atoms with E-state index in [-0.39, 0.29) is 5.41 Å². The highest BCUT2D eigenvalue weighted by Gasteiger charge is 2.53. The Morgan fingerprint density at radius 3 is 2.82 bits per heavy atom. The van der Waals surface area contributed by atoms with Crippen molar-refractivity contribution in [3.05, 3.63) is 36.3 Å². The Hall–Kier alpha value is -1.02. The second kappa shape index (κ2) is 5.56. The molecule has 2 fully saturated rings. The quantitative estimate of drug-likeness (QED) is 0.748. The van der Waals surface area contributed by atoms with Gasteiger partial charge in [-0.05, 0) is 60.8 Å². The van der Waals surface area contributed by atoms with E-state index in [2.05, 4.69) is 27.4 Å². The van der Waals surface area contributed by atoms with E-state index in [4.69, 9.17) is 4.42 Å². The van der Waals surface area contributed by atoms with Gasteiger partial charge in [0.05, 0.1) is 18.6 Å². The van der Waals surface area contributed by atoms with Crippen molar-refractivity contribution in [3.63, 3.8) is 0 Å². The first-order valence-corrected chi connectivity index (χ1v) is 8.72. The molecule has 3 rings (SSSR count). The van der Waals surface area contributed by atoms with Crippen LogP contribution in [0.5, 0.6) is 0 Å². The number of hydrogen-bond acceptors (Lipinski definition) is 2. The maximum absolute atomic E-state index is 10.6. The van der Waals surface area contributed by atoms with Crippen molar-refractivity contribution >= 4 is 0 Å². The van der Waals surface area contributed by atoms with E-state index in [1.807, 2.05) is 6.07 Å². The minimum absolute atomic E-state index is 0.280. The number of aliphatic hydroxyl groups excluding tert-OH is 1. The molecule has 4 atom stereocenters. The summed E-state index contributed by atoms with van der Waals surface area (Å²) < 4.78 is 5.13. The fourth-order valence-electron chi connectivity index (χ4n) is 5.53. The van der Waals surface area contributed by atoms with E-state index in [9.17, 15) is 5.11 Å². The number of aliphatic hydroxyl groups is 1. The summed E-state index contributed by atoms with van der Waals surface area (Å²) in [5.74, 6) is 1.15. The number of rotatable bonds is 3. The van der Waals surface area contributed by atoms with Crippen LogP contribution >= 0.6 is 0 Å². The third kappa shape index (κ3) is 2.56. The topological polar surface area (TPSA) is 33.4 Å².